The molecule has 2 fully saturated rings. The first-order valence-electron chi connectivity index (χ1n) is 8.13. The van der Waals surface area contributed by atoms with E-state index in [1.54, 1.807) is 12.7 Å². The van der Waals surface area contributed by atoms with E-state index >= 15 is 0 Å². The first-order chi connectivity index (χ1) is 10.6. The quantitative estimate of drug-likeness (QED) is 0.871. The number of aryl methyl sites for hydroxylation is 1. The lowest BCUT2D eigenvalue weighted by atomic mass is 9.67. The zero-order chi connectivity index (χ0) is 15.2. The van der Waals surface area contributed by atoms with Crippen molar-refractivity contribution in [3.05, 3.63) is 48.0 Å². The van der Waals surface area contributed by atoms with E-state index in [1.165, 1.54) is 24.0 Å². The van der Waals surface area contributed by atoms with Crippen LogP contribution in [-0.2, 0) is 17.7 Å². The van der Waals surface area contributed by atoms with Crippen molar-refractivity contribution in [2.24, 2.45) is 11.3 Å². The van der Waals surface area contributed by atoms with Crippen molar-refractivity contribution in [3.63, 3.8) is 0 Å². The molecular weight excluding hydrogens is 274 g/mol. The summed E-state index contributed by atoms with van der Waals surface area (Å²) in [6.07, 6.45) is 6.98. The molecule has 2 heterocycles. The lowest BCUT2D eigenvalue weighted by Gasteiger charge is -2.56. The van der Waals surface area contributed by atoms with E-state index < -0.39 is 0 Å². The van der Waals surface area contributed by atoms with Crippen LogP contribution < -0.4 is 0 Å². The molecule has 1 aromatic heterocycles. The van der Waals surface area contributed by atoms with Crippen LogP contribution in [0.1, 0.15) is 30.9 Å². The highest BCUT2D eigenvalue weighted by Crippen LogP contribution is 2.60. The van der Waals surface area contributed by atoms with Gasteiger partial charge in [-0.2, -0.15) is 5.10 Å². The molecule has 1 saturated heterocycles. The van der Waals surface area contributed by atoms with Gasteiger partial charge in [0.25, 0.3) is 0 Å². The predicted molar refractivity (Wildman–Crippen MR) is 84.4 cm³/mol. The molecule has 4 nitrogen and oxygen atoms in total. The van der Waals surface area contributed by atoms with Crippen LogP contribution in [0.25, 0.3) is 0 Å². The van der Waals surface area contributed by atoms with E-state index in [1.807, 2.05) is 4.68 Å². The van der Waals surface area contributed by atoms with E-state index in [0.717, 1.165) is 19.6 Å². The number of rotatable bonds is 4. The molecule has 116 valence electrons. The second-order valence-corrected chi connectivity index (χ2v) is 7.26. The van der Waals surface area contributed by atoms with Crippen molar-refractivity contribution in [2.75, 3.05) is 6.61 Å². The van der Waals surface area contributed by atoms with Gasteiger partial charge in [-0.05, 0) is 37.7 Å². The van der Waals surface area contributed by atoms with Gasteiger partial charge in [-0.1, -0.05) is 36.8 Å². The number of hydrogen-bond acceptors (Lipinski definition) is 3. The summed E-state index contributed by atoms with van der Waals surface area (Å²) < 4.78 is 8.17. The Bertz CT molecular complexity index is 651. The number of nitrogens with zero attached hydrogens (tertiary/aromatic N) is 3. The van der Waals surface area contributed by atoms with Gasteiger partial charge in [0.2, 0.25) is 0 Å². The average molecular weight is 297 g/mol. The van der Waals surface area contributed by atoms with E-state index in [0.29, 0.717) is 5.92 Å². The van der Waals surface area contributed by atoms with Crippen molar-refractivity contribution in [3.8, 4) is 0 Å². The fourth-order valence-corrected chi connectivity index (χ4v) is 4.32. The van der Waals surface area contributed by atoms with Gasteiger partial charge in [0, 0.05) is 5.41 Å². The molecular formula is C18H23N3O. The summed E-state index contributed by atoms with van der Waals surface area (Å²) in [5.41, 5.74) is 2.94. The fourth-order valence-electron chi connectivity index (χ4n) is 4.32. The number of hydrogen-bond donors (Lipinski definition) is 0. The monoisotopic (exact) mass is 297 g/mol. The van der Waals surface area contributed by atoms with Gasteiger partial charge in [0.15, 0.2) is 0 Å². The topological polar surface area (TPSA) is 39.9 Å². The zero-order valence-electron chi connectivity index (χ0n) is 13.3. The molecule has 4 rings (SSSR count). The lowest BCUT2D eigenvalue weighted by molar-refractivity contribution is -0.268. The molecule has 1 aliphatic heterocycles. The van der Waals surface area contributed by atoms with Crippen LogP contribution in [0.5, 0.6) is 0 Å². The normalized spacial score (nSPS) is 33.5. The summed E-state index contributed by atoms with van der Waals surface area (Å²) >= 11 is 0. The lowest BCUT2D eigenvalue weighted by Crippen LogP contribution is -2.63. The van der Waals surface area contributed by atoms with Crippen molar-refractivity contribution in [2.45, 2.75) is 45.3 Å². The van der Waals surface area contributed by atoms with E-state index in [9.17, 15) is 0 Å². The highest BCUT2D eigenvalue weighted by atomic mass is 16.5. The summed E-state index contributed by atoms with van der Waals surface area (Å²) in [6, 6.07) is 8.92. The molecule has 3 atom stereocenters. The first-order valence-corrected chi connectivity index (χ1v) is 8.13. The molecule has 1 aliphatic carbocycles. The molecule has 0 radical (unpaired) electrons. The Morgan fingerprint density at radius 1 is 1.32 bits per heavy atom. The molecule has 0 spiro atoms. The minimum atomic E-state index is -0.0778. The summed E-state index contributed by atoms with van der Waals surface area (Å²) in [4.78, 5) is 4.08. The number of fused-ring (bicyclic) bond motifs is 1. The van der Waals surface area contributed by atoms with Gasteiger partial charge in [0.05, 0.1) is 18.8 Å². The number of ether oxygens (including phenoxy) is 1. The molecule has 0 amide bonds. The second-order valence-electron chi connectivity index (χ2n) is 7.26. The summed E-state index contributed by atoms with van der Waals surface area (Å²) in [5.74, 6) is 0.554. The molecule has 1 aromatic carbocycles. The molecule has 4 heteroatoms. The van der Waals surface area contributed by atoms with Gasteiger partial charge in [0.1, 0.15) is 12.7 Å². The maximum absolute atomic E-state index is 6.24. The number of aromatic nitrogens is 3. The maximum Gasteiger partial charge on any atom is 0.137 e. The van der Waals surface area contributed by atoms with Gasteiger partial charge < -0.3 is 4.74 Å². The van der Waals surface area contributed by atoms with Crippen LogP contribution in [-0.4, -0.2) is 27.0 Å². The molecule has 22 heavy (non-hydrogen) atoms. The SMILES string of the molecule is Cc1ccc(CC2CCC3(C)COC23Cn2cncn2)cc1. The van der Waals surface area contributed by atoms with Gasteiger partial charge in [-0.25, -0.2) is 4.98 Å². The van der Waals surface area contributed by atoms with Gasteiger partial charge in [-0.3, -0.25) is 4.68 Å². The molecule has 2 aliphatic rings. The minimum absolute atomic E-state index is 0.0778. The second kappa shape index (κ2) is 4.92. The van der Waals surface area contributed by atoms with Crippen molar-refractivity contribution in [1.29, 1.82) is 0 Å². The van der Waals surface area contributed by atoms with E-state index in [2.05, 4.69) is 48.2 Å². The Kier molecular flexibility index (Phi) is 3.12. The molecule has 2 aromatic rings. The summed E-state index contributed by atoms with van der Waals surface area (Å²) in [5, 5.41) is 4.30. The van der Waals surface area contributed by atoms with Crippen LogP contribution in [0, 0.1) is 18.3 Å². The van der Waals surface area contributed by atoms with Crippen molar-refractivity contribution < 1.29 is 4.74 Å². The largest absolute Gasteiger partial charge is 0.371 e. The standard InChI is InChI=1S/C18H23N3O/c1-14-3-5-15(6-4-14)9-16-7-8-17(2)11-22-18(16,17)10-21-13-19-12-20-21/h3-6,12-13,16H,7-11H2,1-2H3. The average Bonchev–Trinajstić information content (AvgIpc) is 3.07. The van der Waals surface area contributed by atoms with Crippen LogP contribution in [0.3, 0.4) is 0 Å². The fraction of sp³-hybridized carbons (Fsp3) is 0.556. The zero-order valence-corrected chi connectivity index (χ0v) is 13.3. The summed E-state index contributed by atoms with van der Waals surface area (Å²) in [7, 11) is 0. The van der Waals surface area contributed by atoms with Gasteiger partial charge in [-0.15, -0.1) is 0 Å². The van der Waals surface area contributed by atoms with E-state index in [4.69, 9.17) is 4.74 Å². The Morgan fingerprint density at radius 3 is 2.77 bits per heavy atom. The Morgan fingerprint density at radius 2 is 2.14 bits per heavy atom. The Hall–Kier alpha value is -1.68. The maximum atomic E-state index is 6.24. The van der Waals surface area contributed by atoms with Crippen molar-refractivity contribution >= 4 is 0 Å². The third-order valence-electron chi connectivity index (χ3n) is 5.84. The first kappa shape index (κ1) is 13.9. The van der Waals surface area contributed by atoms with Crippen LogP contribution >= 0.6 is 0 Å². The highest BCUT2D eigenvalue weighted by Gasteiger charge is 2.65. The van der Waals surface area contributed by atoms with Crippen LogP contribution in [0.4, 0.5) is 0 Å². The molecule has 0 bridgehead atoms. The number of benzene rings is 1. The Balaban J connectivity index is 1.59. The highest BCUT2D eigenvalue weighted by molar-refractivity contribution is 5.24. The third-order valence-corrected chi connectivity index (χ3v) is 5.84. The Labute approximate surface area is 131 Å². The van der Waals surface area contributed by atoms with Gasteiger partial charge >= 0.3 is 0 Å². The molecule has 0 N–H and O–H groups in total. The van der Waals surface area contributed by atoms with Crippen LogP contribution in [0.15, 0.2) is 36.9 Å². The third kappa shape index (κ3) is 2.01. The molecule has 3 unspecified atom stereocenters. The summed E-state index contributed by atoms with van der Waals surface area (Å²) in [6.45, 7) is 6.21. The van der Waals surface area contributed by atoms with Crippen molar-refractivity contribution in [1.82, 2.24) is 14.8 Å². The molecule has 1 saturated carbocycles. The van der Waals surface area contributed by atoms with E-state index in [-0.39, 0.29) is 11.0 Å². The minimum Gasteiger partial charge on any atom is -0.371 e. The predicted octanol–water partition coefficient (Wildman–Crippen LogP) is 3.01. The smallest absolute Gasteiger partial charge is 0.137 e. The van der Waals surface area contributed by atoms with Crippen LogP contribution in [0.2, 0.25) is 0 Å².